The highest BCUT2D eigenvalue weighted by Gasteiger charge is 2.40. The summed E-state index contributed by atoms with van der Waals surface area (Å²) in [6.45, 7) is 5.87. The molecule has 2 aromatic rings. The summed E-state index contributed by atoms with van der Waals surface area (Å²) in [6.07, 6.45) is 3.27. The molecule has 1 fully saturated rings. The zero-order chi connectivity index (χ0) is 20.5. The lowest BCUT2D eigenvalue weighted by Crippen LogP contribution is -2.40. The summed E-state index contributed by atoms with van der Waals surface area (Å²) in [5.74, 6) is -0.912. The molecule has 1 amide bonds. The molecular weight excluding hydrogens is 366 g/mol. The summed E-state index contributed by atoms with van der Waals surface area (Å²) in [6, 6.07) is 9.88. The molecule has 150 valence electrons. The van der Waals surface area contributed by atoms with Crippen LogP contribution in [0.1, 0.15) is 61.6 Å². The largest absolute Gasteiger partial charge is 0.342 e. The number of carbonyl (C=O) groups is 1. The first kappa shape index (κ1) is 19.2. The molecular formula is C22H25N5O2. The quantitative estimate of drug-likeness (QED) is 0.837. The van der Waals surface area contributed by atoms with E-state index in [1.807, 2.05) is 29.2 Å². The molecule has 0 radical (unpaired) electrons. The van der Waals surface area contributed by atoms with Crippen molar-refractivity contribution in [2.75, 3.05) is 23.3 Å². The summed E-state index contributed by atoms with van der Waals surface area (Å²) in [5.41, 5.74) is 1.99. The topological polar surface area (TPSA) is 102 Å². The second-order valence-corrected chi connectivity index (χ2v) is 8.09. The first-order valence-corrected chi connectivity index (χ1v) is 10.2. The van der Waals surface area contributed by atoms with Crippen LogP contribution in [-0.2, 0) is 4.79 Å². The Balaban J connectivity index is 1.80. The van der Waals surface area contributed by atoms with Gasteiger partial charge in [-0.15, -0.1) is 0 Å². The van der Waals surface area contributed by atoms with E-state index in [4.69, 9.17) is 0 Å². The van der Waals surface area contributed by atoms with Crippen molar-refractivity contribution in [2.45, 2.75) is 44.9 Å². The van der Waals surface area contributed by atoms with Gasteiger partial charge in [-0.1, -0.05) is 38.1 Å². The molecule has 4 rings (SSSR count). The molecule has 7 heteroatoms. The van der Waals surface area contributed by atoms with E-state index in [1.165, 1.54) is 6.42 Å². The summed E-state index contributed by atoms with van der Waals surface area (Å²) in [5, 5.41) is 12.4. The maximum atomic E-state index is 13.1. The van der Waals surface area contributed by atoms with Gasteiger partial charge in [0.2, 0.25) is 11.9 Å². The van der Waals surface area contributed by atoms with Crippen molar-refractivity contribution >= 4 is 17.7 Å². The number of carbonyl (C=O) groups excluding carboxylic acids is 1. The van der Waals surface area contributed by atoms with Crippen LogP contribution in [0.25, 0.3) is 0 Å². The van der Waals surface area contributed by atoms with E-state index >= 15 is 0 Å². The number of H-pyrrole nitrogens is 1. The molecule has 7 nitrogen and oxygen atoms in total. The number of benzene rings is 1. The van der Waals surface area contributed by atoms with Crippen LogP contribution in [0.4, 0.5) is 11.8 Å². The van der Waals surface area contributed by atoms with Crippen LogP contribution < -0.4 is 15.8 Å². The monoisotopic (exact) mass is 391 g/mol. The Morgan fingerprint density at radius 2 is 1.83 bits per heavy atom. The minimum atomic E-state index is -0.976. The number of rotatable bonds is 3. The Bertz CT molecular complexity index is 1010. The summed E-state index contributed by atoms with van der Waals surface area (Å²) in [4.78, 5) is 35.2. The molecule has 3 heterocycles. The third-order valence-corrected chi connectivity index (χ3v) is 5.87. The lowest BCUT2D eigenvalue weighted by atomic mass is 9.79. The highest BCUT2D eigenvalue weighted by Crippen LogP contribution is 2.38. The van der Waals surface area contributed by atoms with Crippen LogP contribution in [0.5, 0.6) is 0 Å². The predicted molar refractivity (Wildman–Crippen MR) is 111 cm³/mol. The van der Waals surface area contributed by atoms with E-state index in [2.05, 4.69) is 35.2 Å². The molecule has 0 unspecified atom stereocenters. The molecule has 1 aromatic carbocycles. The van der Waals surface area contributed by atoms with Crippen LogP contribution in [0, 0.1) is 17.2 Å². The highest BCUT2D eigenvalue weighted by atomic mass is 16.2. The Kier molecular flexibility index (Phi) is 5.10. The first-order valence-electron chi connectivity index (χ1n) is 10.2. The number of piperidine rings is 1. The number of nitrogens with zero attached hydrogens (tertiary/aromatic N) is 3. The molecule has 0 saturated carbocycles. The number of aromatic amines is 1. The number of aromatic nitrogens is 2. The Labute approximate surface area is 169 Å². The summed E-state index contributed by atoms with van der Waals surface area (Å²) in [7, 11) is 0. The van der Waals surface area contributed by atoms with Crippen molar-refractivity contribution in [3.63, 3.8) is 0 Å². The van der Waals surface area contributed by atoms with Gasteiger partial charge in [-0.2, -0.15) is 10.2 Å². The fourth-order valence-corrected chi connectivity index (χ4v) is 4.20. The summed E-state index contributed by atoms with van der Waals surface area (Å²) < 4.78 is 0. The van der Waals surface area contributed by atoms with E-state index in [0.717, 1.165) is 37.1 Å². The molecule has 2 aliphatic rings. The van der Waals surface area contributed by atoms with Gasteiger partial charge in [0.15, 0.2) is 0 Å². The van der Waals surface area contributed by atoms with Gasteiger partial charge in [0.05, 0.1) is 11.6 Å². The lowest BCUT2D eigenvalue weighted by Gasteiger charge is -2.31. The molecule has 2 atom stereocenters. The third kappa shape index (κ3) is 3.51. The fourth-order valence-electron chi connectivity index (χ4n) is 4.20. The van der Waals surface area contributed by atoms with Crippen molar-refractivity contribution < 1.29 is 4.79 Å². The van der Waals surface area contributed by atoms with Crippen LogP contribution in [-0.4, -0.2) is 29.0 Å². The maximum absolute atomic E-state index is 13.1. The second kappa shape index (κ2) is 7.70. The molecule has 0 bridgehead atoms. The number of fused-ring (bicyclic) bond motifs is 1. The van der Waals surface area contributed by atoms with Crippen LogP contribution in [0.3, 0.4) is 0 Å². The number of anilines is 2. The SMILES string of the molecule is CC(C)c1ccc([C@@H]2c3c(nc(N4CCCCC4)[nH]c3=O)NC(=O)[C@H]2C#N)cc1. The molecule has 0 aliphatic carbocycles. The van der Waals surface area contributed by atoms with Crippen molar-refractivity contribution in [3.8, 4) is 6.07 Å². The summed E-state index contributed by atoms with van der Waals surface area (Å²) >= 11 is 0. The number of hydrogen-bond donors (Lipinski definition) is 2. The second-order valence-electron chi connectivity index (χ2n) is 8.09. The van der Waals surface area contributed by atoms with Gasteiger partial charge in [-0.05, 0) is 36.3 Å². The normalized spacial score (nSPS) is 21.4. The average Bonchev–Trinajstić information content (AvgIpc) is 2.73. The van der Waals surface area contributed by atoms with Crippen LogP contribution >= 0.6 is 0 Å². The number of hydrogen-bond acceptors (Lipinski definition) is 5. The molecule has 0 spiro atoms. The Hall–Kier alpha value is -3.14. The van der Waals surface area contributed by atoms with E-state index < -0.39 is 17.7 Å². The van der Waals surface area contributed by atoms with Gasteiger partial charge in [0.25, 0.3) is 5.56 Å². The minimum absolute atomic E-state index is 0.267. The Morgan fingerprint density at radius 3 is 2.45 bits per heavy atom. The molecule has 1 aromatic heterocycles. The average molecular weight is 391 g/mol. The number of nitrogens with one attached hydrogen (secondary N) is 2. The van der Waals surface area contributed by atoms with Crippen LogP contribution in [0.15, 0.2) is 29.1 Å². The standard InChI is InChI=1S/C22H25N5O2/c1-13(2)14-6-8-15(9-7-14)17-16(12-23)20(28)24-19-18(17)21(29)26-22(25-19)27-10-4-3-5-11-27/h6-9,13,16-17H,3-5,10-11H2,1-2H3,(H2,24,25,26,28,29)/t16-,17-/m0/s1. The molecule has 1 saturated heterocycles. The fraction of sp³-hybridized carbons (Fsp3) is 0.455. The van der Waals surface area contributed by atoms with Crippen molar-refractivity contribution in [1.82, 2.24) is 9.97 Å². The van der Waals surface area contributed by atoms with E-state index in [0.29, 0.717) is 17.4 Å². The van der Waals surface area contributed by atoms with Gasteiger partial charge in [0.1, 0.15) is 11.7 Å². The Morgan fingerprint density at radius 1 is 1.14 bits per heavy atom. The zero-order valence-electron chi connectivity index (χ0n) is 16.7. The molecule has 2 aliphatic heterocycles. The van der Waals surface area contributed by atoms with Gasteiger partial charge < -0.3 is 10.2 Å². The first-order chi connectivity index (χ1) is 14.0. The van der Waals surface area contributed by atoms with Gasteiger partial charge in [0, 0.05) is 19.0 Å². The van der Waals surface area contributed by atoms with Crippen LogP contribution in [0.2, 0.25) is 0 Å². The zero-order valence-corrected chi connectivity index (χ0v) is 16.7. The van der Waals surface area contributed by atoms with Gasteiger partial charge in [-0.25, -0.2) is 0 Å². The van der Waals surface area contributed by atoms with Crippen molar-refractivity contribution in [1.29, 1.82) is 5.26 Å². The third-order valence-electron chi connectivity index (χ3n) is 5.87. The molecule has 29 heavy (non-hydrogen) atoms. The molecule has 2 N–H and O–H groups in total. The number of nitriles is 1. The van der Waals surface area contributed by atoms with Crippen molar-refractivity contribution in [2.24, 2.45) is 5.92 Å². The van der Waals surface area contributed by atoms with E-state index in [1.54, 1.807) is 0 Å². The van der Waals surface area contributed by atoms with E-state index in [9.17, 15) is 14.9 Å². The van der Waals surface area contributed by atoms with Crippen molar-refractivity contribution in [3.05, 3.63) is 51.3 Å². The lowest BCUT2D eigenvalue weighted by molar-refractivity contribution is -0.119. The van der Waals surface area contributed by atoms with E-state index in [-0.39, 0.29) is 11.4 Å². The maximum Gasteiger partial charge on any atom is 0.258 e. The number of amides is 1. The predicted octanol–water partition coefficient (Wildman–Crippen LogP) is 3.11. The van der Waals surface area contributed by atoms with Gasteiger partial charge in [-0.3, -0.25) is 14.6 Å². The highest BCUT2D eigenvalue weighted by molar-refractivity contribution is 5.97. The smallest absolute Gasteiger partial charge is 0.258 e. The minimum Gasteiger partial charge on any atom is -0.342 e. The van der Waals surface area contributed by atoms with Gasteiger partial charge >= 0.3 is 0 Å².